The van der Waals surface area contributed by atoms with Gasteiger partial charge in [-0.25, -0.2) is 17.9 Å². The van der Waals surface area contributed by atoms with Crippen LogP contribution in [-0.4, -0.2) is 26.5 Å². The molecule has 0 aliphatic heterocycles. The summed E-state index contributed by atoms with van der Waals surface area (Å²) in [5, 5.41) is 5.26. The molecule has 0 spiro atoms. The highest BCUT2D eigenvalue weighted by Gasteiger charge is 2.15. The van der Waals surface area contributed by atoms with Crippen LogP contribution in [0.2, 0.25) is 0 Å². The van der Waals surface area contributed by atoms with Crippen molar-refractivity contribution >= 4 is 21.7 Å². The molecule has 8 heteroatoms. The lowest BCUT2D eigenvalue weighted by molar-refractivity contribution is 0.251. The summed E-state index contributed by atoms with van der Waals surface area (Å²) in [4.78, 5) is 16.1. The summed E-state index contributed by atoms with van der Waals surface area (Å²) < 4.78 is 26.1. The first-order valence-electron chi connectivity index (χ1n) is 6.91. The minimum Gasteiger partial charge on any atom is -0.332 e. The van der Waals surface area contributed by atoms with E-state index < -0.39 is 16.1 Å². The Bertz CT molecular complexity index is 792. The highest BCUT2D eigenvalue weighted by molar-refractivity contribution is 7.89. The Morgan fingerprint density at radius 1 is 1.22 bits per heavy atom. The van der Waals surface area contributed by atoms with Gasteiger partial charge >= 0.3 is 6.03 Å². The molecule has 1 aromatic heterocycles. The van der Waals surface area contributed by atoms with Crippen molar-refractivity contribution in [2.24, 2.45) is 0 Å². The molecular weight excluding hydrogens is 316 g/mol. The van der Waals surface area contributed by atoms with Gasteiger partial charge in [-0.3, -0.25) is 4.98 Å². The van der Waals surface area contributed by atoms with Gasteiger partial charge in [0.1, 0.15) is 0 Å². The molecule has 0 atom stereocenters. The molecule has 3 N–H and O–H groups in total. The fourth-order valence-corrected chi connectivity index (χ4v) is 2.92. The lowest BCUT2D eigenvalue weighted by atomic mass is 10.2. The molecule has 7 nitrogen and oxygen atoms in total. The fourth-order valence-electron chi connectivity index (χ4n) is 1.93. The van der Waals surface area contributed by atoms with Gasteiger partial charge in [0.2, 0.25) is 10.0 Å². The molecule has 0 saturated heterocycles. The largest absolute Gasteiger partial charge is 0.332 e. The number of carbonyl (C=O) groups is 1. The van der Waals surface area contributed by atoms with Crippen LogP contribution in [0.5, 0.6) is 0 Å². The van der Waals surface area contributed by atoms with Crippen LogP contribution in [0.25, 0.3) is 0 Å². The van der Waals surface area contributed by atoms with Gasteiger partial charge in [0.15, 0.2) is 0 Å². The number of carbonyl (C=O) groups excluding carboxylic acids is 1. The number of hydrogen-bond donors (Lipinski definition) is 3. The second kappa shape index (κ2) is 7.21. The number of urea groups is 1. The number of hydrogen-bond acceptors (Lipinski definition) is 4. The molecule has 0 aliphatic rings. The number of aromatic nitrogens is 1. The van der Waals surface area contributed by atoms with Crippen LogP contribution < -0.4 is 15.4 Å². The summed E-state index contributed by atoms with van der Waals surface area (Å²) in [6, 6.07) is 9.68. The number of pyridine rings is 1. The predicted octanol–water partition coefficient (Wildman–Crippen LogP) is 1.62. The first-order chi connectivity index (χ1) is 10.9. The lowest BCUT2D eigenvalue weighted by Crippen LogP contribution is -2.28. The first kappa shape index (κ1) is 16.9. The Morgan fingerprint density at radius 2 is 2.00 bits per heavy atom. The van der Waals surface area contributed by atoms with Crippen molar-refractivity contribution in [2.45, 2.75) is 18.4 Å². The Balaban J connectivity index is 2.05. The SMILES string of the molecule is CNS(=O)(=O)c1cc(NC(=O)NCc2ccccn2)ccc1C. The van der Waals surface area contributed by atoms with Gasteiger partial charge in [0.25, 0.3) is 0 Å². The smallest absolute Gasteiger partial charge is 0.319 e. The number of rotatable bonds is 5. The number of nitrogens with zero attached hydrogens (tertiary/aromatic N) is 1. The number of benzene rings is 1. The van der Waals surface area contributed by atoms with Gasteiger partial charge in [-0.15, -0.1) is 0 Å². The lowest BCUT2D eigenvalue weighted by Gasteiger charge is -2.11. The standard InChI is InChI=1S/C15H18N4O3S/c1-11-6-7-12(9-14(11)23(21,22)16-2)19-15(20)18-10-13-5-3-4-8-17-13/h3-9,16H,10H2,1-2H3,(H2,18,19,20). The molecule has 122 valence electrons. The van der Waals surface area contributed by atoms with Crippen LogP contribution in [0.1, 0.15) is 11.3 Å². The van der Waals surface area contributed by atoms with Crippen LogP contribution in [-0.2, 0) is 16.6 Å². The van der Waals surface area contributed by atoms with Crippen LogP contribution >= 0.6 is 0 Å². The Kier molecular flexibility index (Phi) is 5.30. The van der Waals surface area contributed by atoms with Crippen LogP contribution in [0.3, 0.4) is 0 Å². The van der Waals surface area contributed by atoms with Gasteiger partial charge in [0, 0.05) is 11.9 Å². The number of sulfonamides is 1. The molecule has 0 bridgehead atoms. The summed E-state index contributed by atoms with van der Waals surface area (Å²) >= 11 is 0. The third kappa shape index (κ3) is 4.51. The van der Waals surface area contributed by atoms with E-state index in [2.05, 4.69) is 20.3 Å². The second-order valence-electron chi connectivity index (χ2n) is 4.82. The van der Waals surface area contributed by atoms with Gasteiger partial charge in [-0.1, -0.05) is 12.1 Å². The molecule has 23 heavy (non-hydrogen) atoms. The molecule has 0 radical (unpaired) electrons. The van der Waals surface area contributed by atoms with Crippen LogP contribution in [0.15, 0.2) is 47.5 Å². The zero-order valence-electron chi connectivity index (χ0n) is 12.8. The second-order valence-corrected chi connectivity index (χ2v) is 6.67. The van der Waals surface area contributed by atoms with E-state index in [9.17, 15) is 13.2 Å². The number of aryl methyl sites for hydroxylation is 1. The van der Waals surface area contributed by atoms with E-state index in [4.69, 9.17) is 0 Å². The Labute approximate surface area is 135 Å². The first-order valence-corrected chi connectivity index (χ1v) is 8.39. The summed E-state index contributed by atoms with van der Waals surface area (Å²) in [5.74, 6) is 0. The molecule has 0 unspecified atom stereocenters. The third-order valence-corrected chi connectivity index (χ3v) is 4.72. The monoisotopic (exact) mass is 334 g/mol. The number of anilines is 1. The van der Waals surface area contributed by atoms with E-state index in [0.29, 0.717) is 11.3 Å². The van der Waals surface area contributed by atoms with Gasteiger partial charge in [-0.2, -0.15) is 0 Å². The molecule has 2 rings (SSSR count). The maximum atomic E-state index is 11.9. The van der Waals surface area contributed by atoms with Gasteiger partial charge < -0.3 is 10.6 Å². The van der Waals surface area contributed by atoms with Crippen molar-refractivity contribution in [3.8, 4) is 0 Å². The summed E-state index contributed by atoms with van der Waals surface area (Å²) in [6.45, 7) is 1.97. The summed E-state index contributed by atoms with van der Waals surface area (Å²) in [5.41, 5.74) is 1.71. The maximum absolute atomic E-state index is 11.9. The summed E-state index contributed by atoms with van der Waals surface area (Å²) in [6.07, 6.45) is 1.64. The molecule has 1 heterocycles. The molecule has 0 fully saturated rings. The van der Waals surface area contributed by atoms with Crippen LogP contribution in [0, 0.1) is 6.92 Å². The average molecular weight is 334 g/mol. The van der Waals surface area contributed by atoms with E-state index >= 15 is 0 Å². The minimum absolute atomic E-state index is 0.127. The Hall–Kier alpha value is -2.45. The third-order valence-electron chi connectivity index (χ3n) is 3.16. The molecule has 2 aromatic rings. The van der Waals surface area contributed by atoms with E-state index in [0.717, 1.165) is 5.69 Å². The van der Waals surface area contributed by atoms with Crippen molar-refractivity contribution in [1.29, 1.82) is 0 Å². The number of nitrogens with one attached hydrogen (secondary N) is 3. The molecule has 2 amide bonds. The normalized spacial score (nSPS) is 11.0. The topological polar surface area (TPSA) is 100 Å². The van der Waals surface area contributed by atoms with Crippen molar-refractivity contribution in [1.82, 2.24) is 15.0 Å². The Morgan fingerprint density at radius 3 is 2.65 bits per heavy atom. The zero-order valence-corrected chi connectivity index (χ0v) is 13.6. The molecule has 0 saturated carbocycles. The van der Waals surface area contributed by atoms with E-state index in [1.54, 1.807) is 37.4 Å². The highest BCUT2D eigenvalue weighted by Crippen LogP contribution is 2.19. The molecule has 0 aliphatic carbocycles. The molecular formula is C15H18N4O3S. The van der Waals surface area contributed by atoms with Crippen molar-refractivity contribution in [2.75, 3.05) is 12.4 Å². The fraction of sp³-hybridized carbons (Fsp3) is 0.200. The highest BCUT2D eigenvalue weighted by atomic mass is 32.2. The molecule has 1 aromatic carbocycles. The maximum Gasteiger partial charge on any atom is 0.319 e. The van der Waals surface area contributed by atoms with Crippen molar-refractivity contribution in [3.05, 3.63) is 53.9 Å². The van der Waals surface area contributed by atoms with E-state index in [1.807, 2.05) is 6.07 Å². The van der Waals surface area contributed by atoms with Crippen LogP contribution in [0.4, 0.5) is 10.5 Å². The quantitative estimate of drug-likeness (QED) is 0.773. The van der Waals surface area contributed by atoms with Gasteiger partial charge in [-0.05, 0) is 43.8 Å². The zero-order chi connectivity index (χ0) is 16.9. The predicted molar refractivity (Wildman–Crippen MR) is 87.5 cm³/mol. The number of amides is 2. The average Bonchev–Trinajstić information content (AvgIpc) is 2.55. The van der Waals surface area contributed by atoms with E-state index in [1.165, 1.54) is 13.1 Å². The van der Waals surface area contributed by atoms with E-state index in [-0.39, 0.29) is 11.4 Å². The van der Waals surface area contributed by atoms with Crippen molar-refractivity contribution < 1.29 is 13.2 Å². The van der Waals surface area contributed by atoms with Crippen molar-refractivity contribution in [3.63, 3.8) is 0 Å². The summed E-state index contributed by atoms with van der Waals surface area (Å²) in [7, 11) is -2.23. The van der Waals surface area contributed by atoms with Gasteiger partial charge in [0.05, 0.1) is 17.1 Å². The minimum atomic E-state index is -3.57.